The first kappa shape index (κ1) is 18.4. The molecule has 0 spiro atoms. The molecule has 1 heterocycles. The number of primary amides is 1. The third-order valence-corrected chi connectivity index (χ3v) is 3.84. The van der Waals surface area contributed by atoms with E-state index in [0.717, 1.165) is 18.1 Å². The second kappa shape index (κ2) is 7.73. The van der Waals surface area contributed by atoms with E-state index in [1.807, 2.05) is 18.7 Å². The van der Waals surface area contributed by atoms with Crippen LogP contribution in [-0.4, -0.2) is 55.4 Å². The van der Waals surface area contributed by atoms with E-state index in [4.69, 9.17) is 15.2 Å². The van der Waals surface area contributed by atoms with E-state index in [0.29, 0.717) is 34.2 Å². The lowest BCUT2D eigenvalue weighted by Gasteiger charge is -2.23. The number of carbonyl (C=O) groups excluding carboxylic acids is 1. The summed E-state index contributed by atoms with van der Waals surface area (Å²) < 4.78 is 10.7. The van der Waals surface area contributed by atoms with Crippen LogP contribution in [-0.2, 0) is 0 Å². The highest BCUT2D eigenvalue weighted by atomic mass is 16.5. The zero-order valence-electron chi connectivity index (χ0n) is 15.2. The molecule has 1 aromatic heterocycles. The number of fused-ring (bicyclic) bond motifs is 1. The number of rotatable bonds is 7. The molecule has 9 nitrogen and oxygen atoms in total. The van der Waals surface area contributed by atoms with Gasteiger partial charge in [-0.25, -0.2) is 14.8 Å². The Morgan fingerprint density at radius 1 is 1.16 bits per heavy atom. The van der Waals surface area contributed by atoms with Crippen LogP contribution >= 0.6 is 0 Å². The number of nitrogens with two attached hydrogens (primary N) is 1. The number of urea groups is 1. The van der Waals surface area contributed by atoms with Gasteiger partial charge in [0.1, 0.15) is 0 Å². The molecular formula is C16H24N6O3. The summed E-state index contributed by atoms with van der Waals surface area (Å²) in [4.78, 5) is 22.6. The van der Waals surface area contributed by atoms with Gasteiger partial charge in [-0.15, -0.1) is 0 Å². The summed E-state index contributed by atoms with van der Waals surface area (Å²) in [5, 5.41) is 1.84. The third-order valence-electron chi connectivity index (χ3n) is 3.84. The molecule has 0 saturated carbocycles. The van der Waals surface area contributed by atoms with Crippen molar-refractivity contribution in [1.82, 2.24) is 15.0 Å². The highest BCUT2D eigenvalue weighted by Gasteiger charge is 2.17. The molecule has 0 saturated heterocycles. The molecule has 0 radical (unpaired) electrons. The molecule has 3 N–H and O–H groups in total. The number of benzene rings is 1. The Morgan fingerprint density at radius 3 is 2.28 bits per heavy atom. The van der Waals surface area contributed by atoms with Gasteiger partial charge in [0.15, 0.2) is 17.3 Å². The smallest absolute Gasteiger partial charge is 0.333 e. The lowest BCUT2D eigenvalue weighted by atomic mass is 10.2. The first-order valence-electron chi connectivity index (χ1n) is 7.93. The molecule has 0 fully saturated rings. The third kappa shape index (κ3) is 3.76. The van der Waals surface area contributed by atoms with Crippen LogP contribution in [0.3, 0.4) is 0 Å². The number of hydrazine groups is 1. The largest absolute Gasteiger partial charge is 0.493 e. The Morgan fingerprint density at radius 2 is 1.76 bits per heavy atom. The fourth-order valence-electron chi connectivity index (χ4n) is 2.39. The first-order valence-corrected chi connectivity index (χ1v) is 7.93. The van der Waals surface area contributed by atoms with Gasteiger partial charge in [0.05, 0.1) is 19.7 Å². The van der Waals surface area contributed by atoms with Crippen LogP contribution in [0.25, 0.3) is 10.9 Å². The molecule has 0 aliphatic carbocycles. The Balaban J connectivity index is 2.68. The van der Waals surface area contributed by atoms with Crippen LogP contribution in [0.5, 0.6) is 11.5 Å². The number of hydrogen-bond donors (Lipinski definition) is 2. The van der Waals surface area contributed by atoms with Crippen molar-refractivity contribution < 1.29 is 14.3 Å². The number of aromatic nitrogens is 2. The summed E-state index contributed by atoms with van der Waals surface area (Å²) in [6, 6.07) is 2.91. The van der Waals surface area contributed by atoms with E-state index in [1.54, 1.807) is 26.4 Å². The van der Waals surface area contributed by atoms with E-state index < -0.39 is 6.03 Å². The summed E-state index contributed by atoms with van der Waals surface area (Å²) in [6.07, 6.45) is 0. The number of methoxy groups -OCH3 is 2. The number of amides is 2. The Bertz CT molecular complexity index is 763. The quantitative estimate of drug-likeness (QED) is 0.735. The van der Waals surface area contributed by atoms with Crippen LogP contribution in [0.2, 0.25) is 0 Å². The lowest BCUT2D eigenvalue weighted by molar-refractivity contribution is 0.226. The van der Waals surface area contributed by atoms with Crippen molar-refractivity contribution in [1.29, 1.82) is 0 Å². The molecule has 2 amide bonds. The summed E-state index contributed by atoms with van der Waals surface area (Å²) in [5.74, 6) is 2.10. The molecule has 136 valence electrons. The predicted molar refractivity (Wildman–Crippen MR) is 97.2 cm³/mol. The summed E-state index contributed by atoms with van der Waals surface area (Å²) in [5.41, 5.74) is 8.87. The van der Waals surface area contributed by atoms with Gasteiger partial charge >= 0.3 is 6.03 Å². The number of carbonyl (C=O) groups is 1. The Labute approximate surface area is 146 Å². The standard InChI is InChI=1S/C16H24N6O3/c1-6-22(7-2)16-18-11-9-13(25-5)12(24-4)8-10(11)14(19-16)20-21(3)15(17)23/h8-9H,6-7H2,1-5H3,(H2,17,23)(H,18,19,20). The van der Waals surface area contributed by atoms with Crippen molar-refractivity contribution in [3.05, 3.63) is 12.1 Å². The monoisotopic (exact) mass is 348 g/mol. The fourth-order valence-corrected chi connectivity index (χ4v) is 2.39. The molecule has 0 atom stereocenters. The number of anilines is 2. The SMILES string of the molecule is CCN(CC)c1nc(NN(C)C(N)=O)c2cc(OC)c(OC)cc2n1. The minimum atomic E-state index is -0.628. The number of nitrogens with zero attached hydrogens (tertiary/aromatic N) is 4. The maximum Gasteiger partial charge on any atom is 0.333 e. The van der Waals surface area contributed by atoms with Gasteiger partial charge in [0, 0.05) is 31.6 Å². The Kier molecular flexibility index (Phi) is 5.68. The number of nitrogens with one attached hydrogen (secondary N) is 1. The fraction of sp³-hybridized carbons (Fsp3) is 0.438. The van der Waals surface area contributed by atoms with Crippen molar-refractivity contribution in [3.8, 4) is 11.5 Å². The summed E-state index contributed by atoms with van der Waals surface area (Å²) in [6.45, 7) is 5.55. The summed E-state index contributed by atoms with van der Waals surface area (Å²) >= 11 is 0. The van der Waals surface area contributed by atoms with Crippen LogP contribution in [0.4, 0.5) is 16.6 Å². The molecule has 0 bridgehead atoms. The van der Waals surface area contributed by atoms with E-state index in [2.05, 4.69) is 15.4 Å². The summed E-state index contributed by atoms with van der Waals surface area (Å²) in [7, 11) is 4.64. The second-order valence-electron chi connectivity index (χ2n) is 5.28. The highest BCUT2D eigenvalue weighted by molar-refractivity contribution is 5.93. The molecule has 9 heteroatoms. The van der Waals surface area contributed by atoms with Crippen LogP contribution in [0, 0.1) is 0 Å². The van der Waals surface area contributed by atoms with Crippen molar-refractivity contribution in [3.63, 3.8) is 0 Å². The van der Waals surface area contributed by atoms with Crippen LogP contribution in [0.1, 0.15) is 13.8 Å². The minimum Gasteiger partial charge on any atom is -0.493 e. The normalized spacial score (nSPS) is 10.4. The molecule has 0 aliphatic heterocycles. The van der Waals surface area contributed by atoms with Crippen molar-refractivity contribution in [2.45, 2.75) is 13.8 Å². The molecule has 2 aromatic rings. The van der Waals surface area contributed by atoms with Crippen molar-refractivity contribution >= 4 is 28.7 Å². The zero-order valence-corrected chi connectivity index (χ0v) is 15.2. The van der Waals surface area contributed by atoms with Gasteiger partial charge in [-0.1, -0.05) is 0 Å². The van der Waals surface area contributed by atoms with Gasteiger partial charge < -0.3 is 20.1 Å². The zero-order chi connectivity index (χ0) is 18.6. The highest BCUT2D eigenvalue weighted by Crippen LogP contribution is 2.35. The van der Waals surface area contributed by atoms with Gasteiger partial charge in [-0.05, 0) is 19.9 Å². The lowest BCUT2D eigenvalue weighted by Crippen LogP contribution is -2.37. The van der Waals surface area contributed by atoms with Crippen LogP contribution < -0.4 is 25.5 Å². The van der Waals surface area contributed by atoms with Crippen LogP contribution in [0.15, 0.2) is 12.1 Å². The van der Waals surface area contributed by atoms with E-state index in [1.165, 1.54) is 7.05 Å². The molecule has 25 heavy (non-hydrogen) atoms. The minimum absolute atomic E-state index is 0.453. The molecular weight excluding hydrogens is 324 g/mol. The first-order chi connectivity index (χ1) is 11.9. The average molecular weight is 348 g/mol. The maximum atomic E-state index is 11.4. The van der Waals surface area contributed by atoms with Gasteiger partial charge in [-0.2, -0.15) is 4.98 Å². The molecule has 0 aliphatic rings. The van der Waals surface area contributed by atoms with E-state index >= 15 is 0 Å². The van der Waals surface area contributed by atoms with E-state index in [9.17, 15) is 4.79 Å². The maximum absolute atomic E-state index is 11.4. The molecule has 1 aromatic carbocycles. The number of hydrogen-bond acceptors (Lipinski definition) is 7. The van der Waals surface area contributed by atoms with Crippen molar-refractivity contribution in [2.24, 2.45) is 5.73 Å². The molecule has 0 unspecified atom stereocenters. The molecule has 2 rings (SSSR count). The average Bonchev–Trinajstić information content (AvgIpc) is 2.61. The van der Waals surface area contributed by atoms with Gasteiger partial charge in [0.2, 0.25) is 5.95 Å². The Hall–Kier alpha value is -2.97. The second-order valence-corrected chi connectivity index (χ2v) is 5.28. The van der Waals surface area contributed by atoms with Crippen molar-refractivity contribution in [2.75, 3.05) is 44.7 Å². The van der Waals surface area contributed by atoms with Gasteiger partial charge in [0.25, 0.3) is 0 Å². The van der Waals surface area contributed by atoms with Gasteiger partial charge in [-0.3, -0.25) is 5.43 Å². The predicted octanol–water partition coefficient (Wildman–Crippen LogP) is 1.83. The number of ether oxygens (including phenoxy) is 2. The topological polar surface area (TPSA) is 106 Å². The van der Waals surface area contributed by atoms with E-state index in [-0.39, 0.29) is 0 Å².